The third-order valence-corrected chi connectivity index (χ3v) is 4.92. The van der Waals surface area contributed by atoms with Crippen LogP contribution in [0.4, 0.5) is 5.69 Å². The van der Waals surface area contributed by atoms with Crippen molar-refractivity contribution in [3.63, 3.8) is 0 Å². The zero-order valence-corrected chi connectivity index (χ0v) is 15.1. The largest absolute Gasteiger partial charge is 0.481 e. The van der Waals surface area contributed by atoms with Crippen LogP contribution in [0.3, 0.4) is 0 Å². The number of hydrogen-bond acceptors (Lipinski definition) is 3. The van der Waals surface area contributed by atoms with E-state index in [4.69, 9.17) is 0 Å². The molecule has 0 spiro atoms. The SMILES string of the molecule is CCCCNc1cccc(Sc2ccc(C(CC)C(=O)O)cc2)c1. The Bertz CT molecular complexity index is 655. The van der Waals surface area contributed by atoms with Crippen LogP contribution in [0, 0.1) is 0 Å². The number of carboxylic acids is 1. The van der Waals surface area contributed by atoms with Crippen molar-refractivity contribution in [3.05, 3.63) is 54.1 Å². The first-order valence-electron chi connectivity index (χ1n) is 8.48. The molecule has 0 aliphatic heterocycles. The summed E-state index contributed by atoms with van der Waals surface area (Å²) in [7, 11) is 0. The number of hydrogen-bond donors (Lipinski definition) is 2. The Labute approximate surface area is 148 Å². The second kappa shape index (κ2) is 9.38. The number of nitrogens with one attached hydrogen (secondary N) is 1. The van der Waals surface area contributed by atoms with Crippen LogP contribution in [-0.2, 0) is 4.79 Å². The molecule has 0 bridgehead atoms. The highest BCUT2D eigenvalue weighted by atomic mass is 32.2. The molecule has 24 heavy (non-hydrogen) atoms. The van der Waals surface area contributed by atoms with Gasteiger partial charge in [-0.15, -0.1) is 0 Å². The molecule has 0 saturated carbocycles. The van der Waals surface area contributed by atoms with E-state index in [2.05, 4.69) is 36.5 Å². The highest BCUT2D eigenvalue weighted by molar-refractivity contribution is 7.99. The van der Waals surface area contributed by atoms with Gasteiger partial charge in [0.1, 0.15) is 0 Å². The van der Waals surface area contributed by atoms with Gasteiger partial charge in [-0.2, -0.15) is 0 Å². The molecule has 0 aliphatic rings. The average molecular weight is 343 g/mol. The van der Waals surface area contributed by atoms with Crippen molar-refractivity contribution in [2.75, 3.05) is 11.9 Å². The van der Waals surface area contributed by atoms with Crippen LogP contribution < -0.4 is 5.32 Å². The molecule has 0 fully saturated rings. The molecule has 1 atom stereocenters. The van der Waals surface area contributed by atoms with Crippen LogP contribution in [0.2, 0.25) is 0 Å². The molecular weight excluding hydrogens is 318 g/mol. The van der Waals surface area contributed by atoms with Gasteiger partial charge in [0.05, 0.1) is 5.92 Å². The second-order valence-corrected chi connectivity index (χ2v) is 6.93. The smallest absolute Gasteiger partial charge is 0.310 e. The fourth-order valence-electron chi connectivity index (χ4n) is 2.54. The molecule has 0 saturated heterocycles. The van der Waals surface area contributed by atoms with E-state index in [0.717, 1.165) is 22.7 Å². The summed E-state index contributed by atoms with van der Waals surface area (Å²) < 4.78 is 0. The predicted molar refractivity (Wildman–Crippen MR) is 101 cm³/mol. The first-order chi connectivity index (χ1) is 11.6. The maximum absolute atomic E-state index is 11.2. The Hall–Kier alpha value is -1.94. The van der Waals surface area contributed by atoms with Crippen LogP contribution >= 0.6 is 11.8 Å². The molecule has 2 N–H and O–H groups in total. The fraction of sp³-hybridized carbons (Fsp3) is 0.350. The van der Waals surface area contributed by atoms with Gasteiger partial charge in [-0.05, 0) is 48.7 Å². The van der Waals surface area contributed by atoms with Crippen molar-refractivity contribution in [3.8, 4) is 0 Å². The van der Waals surface area contributed by atoms with E-state index in [1.807, 2.05) is 31.2 Å². The number of benzene rings is 2. The highest BCUT2D eigenvalue weighted by Crippen LogP contribution is 2.31. The number of carboxylic acid groups (broad SMARTS) is 1. The minimum atomic E-state index is -0.760. The quantitative estimate of drug-likeness (QED) is 0.579. The van der Waals surface area contributed by atoms with Gasteiger partial charge in [-0.1, -0.05) is 50.2 Å². The predicted octanol–water partition coefficient (Wildman–Crippen LogP) is 5.63. The van der Waals surface area contributed by atoms with Crippen molar-refractivity contribution in [2.24, 2.45) is 0 Å². The van der Waals surface area contributed by atoms with Crippen molar-refractivity contribution >= 4 is 23.4 Å². The summed E-state index contributed by atoms with van der Waals surface area (Å²) >= 11 is 1.69. The third-order valence-electron chi connectivity index (χ3n) is 3.92. The van der Waals surface area contributed by atoms with E-state index in [9.17, 15) is 9.90 Å². The molecular formula is C20H25NO2S. The van der Waals surface area contributed by atoms with Gasteiger partial charge >= 0.3 is 5.97 Å². The summed E-state index contributed by atoms with van der Waals surface area (Å²) in [6, 6.07) is 16.2. The van der Waals surface area contributed by atoms with Gasteiger partial charge in [0, 0.05) is 22.0 Å². The minimum absolute atomic E-state index is 0.421. The van der Waals surface area contributed by atoms with Gasteiger partial charge in [-0.25, -0.2) is 0 Å². The topological polar surface area (TPSA) is 49.3 Å². The minimum Gasteiger partial charge on any atom is -0.481 e. The van der Waals surface area contributed by atoms with Crippen molar-refractivity contribution in [1.82, 2.24) is 0 Å². The molecule has 0 amide bonds. The van der Waals surface area contributed by atoms with Gasteiger partial charge < -0.3 is 10.4 Å². The highest BCUT2D eigenvalue weighted by Gasteiger charge is 2.17. The zero-order chi connectivity index (χ0) is 17.4. The van der Waals surface area contributed by atoms with Crippen LogP contribution in [0.15, 0.2) is 58.3 Å². The molecule has 128 valence electrons. The molecule has 1 unspecified atom stereocenters. The Morgan fingerprint density at radius 2 is 1.88 bits per heavy atom. The summed E-state index contributed by atoms with van der Waals surface area (Å²) in [6.45, 7) is 5.08. The maximum Gasteiger partial charge on any atom is 0.310 e. The van der Waals surface area contributed by atoms with E-state index < -0.39 is 11.9 Å². The standard InChI is InChI=1S/C20H25NO2S/c1-3-5-13-21-16-7-6-8-18(14-16)24-17-11-9-15(10-12-17)19(4-2)20(22)23/h6-12,14,19,21H,3-5,13H2,1-2H3,(H,22,23). The monoisotopic (exact) mass is 343 g/mol. The molecule has 0 heterocycles. The molecule has 0 radical (unpaired) electrons. The zero-order valence-electron chi connectivity index (χ0n) is 14.3. The third kappa shape index (κ3) is 5.31. The summed E-state index contributed by atoms with van der Waals surface area (Å²) in [5.41, 5.74) is 2.01. The summed E-state index contributed by atoms with van der Waals surface area (Å²) in [4.78, 5) is 13.5. The van der Waals surface area contributed by atoms with Crippen molar-refractivity contribution < 1.29 is 9.90 Å². The normalized spacial score (nSPS) is 11.9. The molecule has 2 aromatic rings. The van der Waals surface area contributed by atoms with Gasteiger partial charge in [-0.3, -0.25) is 4.79 Å². The van der Waals surface area contributed by atoms with Crippen LogP contribution in [-0.4, -0.2) is 17.6 Å². The first kappa shape index (κ1) is 18.4. The van der Waals surface area contributed by atoms with Crippen LogP contribution in [0.1, 0.15) is 44.6 Å². The molecule has 0 aromatic heterocycles. The van der Waals surface area contributed by atoms with Crippen LogP contribution in [0.25, 0.3) is 0 Å². The summed E-state index contributed by atoms with van der Waals surface area (Å²) in [5, 5.41) is 12.7. The Balaban J connectivity index is 2.03. The Morgan fingerprint density at radius 3 is 2.50 bits per heavy atom. The Kier molecular flexibility index (Phi) is 7.19. The van der Waals surface area contributed by atoms with Crippen molar-refractivity contribution in [1.29, 1.82) is 0 Å². The molecule has 2 aromatic carbocycles. The Morgan fingerprint density at radius 1 is 1.12 bits per heavy atom. The maximum atomic E-state index is 11.2. The van der Waals surface area contributed by atoms with E-state index in [1.165, 1.54) is 17.7 Å². The molecule has 0 aliphatic carbocycles. The van der Waals surface area contributed by atoms with Gasteiger partial charge in [0.25, 0.3) is 0 Å². The molecule has 4 heteroatoms. The lowest BCUT2D eigenvalue weighted by molar-refractivity contribution is -0.138. The summed E-state index contributed by atoms with van der Waals surface area (Å²) in [6.07, 6.45) is 2.96. The number of anilines is 1. The first-order valence-corrected chi connectivity index (χ1v) is 9.30. The van der Waals surface area contributed by atoms with Crippen LogP contribution in [0.5, 0.6) is 0 Å². The lowest BCUT2D eigenvalue weighted by Gasteiger charge is -2.11. The van der Waals surface area contributed by atoms with E-state index >= 15 is 0 Å². The lowest BCUT2D eigenvalue weighted by Crippen LogP contribution is -2.10. The number of unbranched alkanes of at least 4 members (excludes halogenated alkanes) is 1. The molecule has 2 rings (SSSR count). The number of rotatable bonds is 9. The van der Waals surface area contributed by atoms with Crippen molar-refractivity contribution in [2.45, 2.75) is 48.8 Å². The van der Waals surface area contributed by atoms with E-state index in [1.54, 1.807) is 11.8 Å². The van der Waals surface area contributed by atoms with E-state index in [-0.39, 0.29) is 0 Å². The fourth-order valence-corrected chi connectivity index (χ4v) is 3.41. The average Bonchev–Trinajstić information content (AvgIpc) is 2.57. The van der Waals surface area contributed by atoms with E-state index in [0.29, 0.717) is 6.42 Å². The number of carbonyl (C=O) groups is 1. The van der Waals surface area contributed by atoms with Gasteiger partial charge in [0.15, 0.2) is 0 Å². The van der Waals surface area contributed by atoms with Gasteiger partial charge in [0.2, 0.25) is 0 Å². The molecule has 3 nitrogen and oxygen atoms in total. The number of aliphatic carboxylic acids is 1. The lowest BCUT2D eigenvalue weighted by atomic mass is 9.97. The second-order valence-electron chi connectivity index (χ2n) is 5.78. The summed E-state index contributed by atoms with van der Waals surface area (Å²) in [5.74, 6) is -1.18.